The van der Waals surface area contributed by atoms with Gasteiger partial charge in [0.2, 0.25) is 0 Å². The molecule has 7 nitrogen and oxygen atoms in total. The average Bonchev–Trinajstić information content (AvgIpc) is 2.52. The maximum atomic E-state index is 11.9. The Kier molecular flexibility index (Phi) is 5.69. The molecule has 2 N–H and O–H groups in total. The first-order chi connectivity index (χ1) is 11.7. The van der Waals surface area contributed by atoms with Gasteiger partial charge in [-0.15, -0.1) is 0 Å². The van der Waals surface area contributed by atoms with Gasteiger partial charge in [-0.05, 0) is 51.5 Å². The van der Waals surface area contributed by atoms with Gasteiger partial charge in [-0.25, -0.2) is 10.2 Å². The lowest BCUT2D eigenvalue weighted by Crippen LogP contribution is -2.45. The minimum atomic E-state index is -0.771. The molecule has 132 valence electrons. The fraction of sp³-hybridized carbons (Fsp3) is 0.333. The number of carbonyl (C=O) groups excluding carboxylic acids is 2. The minimum Gasteiger partial charge on any atom is -0.444 e. The SMILES string of the molecule is C[C@H](NC(=O)OC(C)(C)C)C(=O)NN=Cc1ccc2ncccc2c1. The van der Waals surface area contributed by atoms with Crippen molar-refractivity contribution in [2.75, 3.05) is 0 Å². The summed E-state index contributed by atoms with van der Waals surface area (Å²) in [5, 5.41) is 7.35. The largest absolute Gasteiger partial charge is 0.444 e. The van der Waals surface area contributed by atoms with Gasteiger partial charge in [-0.3, -0.25) is 9.78 Å². The molecule has 25 heavy (non-hydrogen) atoms. The van der Waals surface area contributed by atoms with Crippen LogP contribution in [-0.2, 0) is 9.53 Å². The molecular weight excluding hydrogens is 320 g/mol. The molecule has 0 spiro atoms. The highest BCUT2D eigenvalue weighted by Crippen LogP contribution is 2.11. The van der Waals surface area contributed by atoms with Crippen LogP contribution in [0.4, 0.5) is 4.79 Å². The van der Waals surface area contributed by atoms with E-state index in [9.17, 15) is 9.59 Å². The van der Waals surface area contributed by atoms with Crippen LogP contribution in [0.5, 0.6) is 0 Å². The lowest BCUT2D eigenvalue weighted by molar-refractivity contribution is -0.122. The number of rotatable bonds is 4. The molecule has 0 aliphatic heterocycles. The van der Waals surface area contributed by atoms with Crippen LogP contribution in [0.1, 0.15) is 33.3 Å². The van der Waals surface area contributed by atoms with E-state index in [0.29, 0.717) is 0 Å². The molecule has 1 aromatic heterocycles. The first kappa shape index (κ1) is 18.4. The fourth-order valence-electron chi connectivity index (χ4n) is 1.99. The van der Waals surface area contributed by atoms with E-state index in [0.717, 1.165) is 16.5 Å². The van der Waals surface area contributed by atoms with Crippen molar-refractivity contribution in [2.45, 2.75) is 39.3 Å². The van der Waals surface area contributed by atoms with Crippen molar-refractivity contribution in [3.63, 3.8) is 0 Å². The van der Waals surface area contributed by atoms with Crippen LogP contribution in [0.2, 0.25) is 0 Å². The smallest absolute Gasteiger partial charge is 0.408 e. The van der Waals surface area contributed by atoms with Crippen LogP contribution in [-0.4, -0.2) is 34.8 Å². The van der Waals surface area contributed by atoms with Gasteiger partial charge >= 0.3 is 6.09 Å². The molecule has 1 heterocycles. The van der Waals surface area contributed by atoms with Gasteiger partial charge in [-0.1, -0.05) is 12.1 Å². The first-order valence-corrected chi connectivity index (χ1v) is 7.92. The van der Waals surface area contributed by atoms with Gasteiger partial charge in [0, 0.05) is 11.6 Å². The van der Waals surface area contributed by atoms with Crippen LogP contribution >= 0.6 is 0 Å². The Morgan fingerprint density at radius 1 is 1.28 bits per heavy atom. The van der Waals surface area contributed by atoms with E-state index in [-0.39, 0.29) is 0 Å². The summed E-state index contributed by atoms with van der Waals surface area (Å²) < 4.78 is 5.10. The van der Waals surface area contributed by atoms with Crippen molar-refractivity contribution in [1.29, 1.82) is 0 Å². The summed E-state index contributed by atoms with van der Waals surface area (Å²) >= 11 is 0. The number of benzene rings is 1. The minimum absolute atomic E-state index is 0.440. The van der Waals surface area contributed by atoms with E-state index in [2.05, 4.69) is 20.8 Å². The lowest BCUT2D eigenvalue weighted by atomic mass is 10.1. The van der Waals surface area contributed by atoms with Crippen LogP contribution in [0.25, 0.3) is 10.9 Å². The topological polar surface area (TPSA) is 92.7 Å². The fourth-order valence-corrected chi connectivity index (χ4v) is 1.99. The molecule has 0 saturated heterocycles. The standard InChI is InChI=1S/C18H22N4O3/c1-12(21-17(24)25-18(2,3)4)16(23)22-20-11-13-7-8-15-14(10-13)6-5-9-19-15/h5-12H,1-4H3,(H,21,24)(H,22,23)/t12-/m0/s1. The first-order valence-electron chi connectivity index (χ1n) is 7.92. The molecule has 7 heteroatoms. The molecule has 0 aliphatic rings. The molecule has 0 unspecified atom stereocenters. The van der Waals surface area contributed by atoms with Crippen LogP contribution in [0, 0.1) is 0 Å². The van der Waals surface area contributed by atoms with Crippen molar-refractivity contribution < 1.29 is 14.3 Å². The number of carbonyl (C=O) groups is 2. The van der Waals surface area contributed by atoms with Gasteiger partial charge in [0.15, 0.2) is 0 Å². The summed E-state index contributed by atoms with van der Waals surface area (Å²) in [6.45, 7) is 6.80. The second kappa shape index (κ2) is 7.74. The number of hydrogen-bond donors (Lipinski definition) is 2. The maximum Gasteiger partial charge on any atom is 0.408 e. The summed E-state index contributed by atoms with van der Waals surface area (Å²) in [4.78, 5) is 27.8. The van der Waals surface area contributed by atoms with E-state index in [4.69, 9.17) is 4.74 Å². The zero-order chi connectivity index (χ0) is 18.4. The molecule has 2 amide bonds. The Balaban J connectivity index is 1.89. The average molecular weight is 342 g/mol. The maximum absolute atomic E-state index is 11.9. The van der Waals surface area contributed by atoms with Crippen LogP contribution in [0.15, 0.2) is 41.6 Å². The van der Waals surface area contributed by atoms with Gasteiger partial charge < -0.3 is 10.1 Å². The zero-order valence-corrected chi connectivity index (χ0v) is 14.7. The Labute approximate surface area is 146 Å². The molecule has 0 saturated carbocycles. The van der Waals surface area contributed by atoms with E-state index in [1.54, 1.807) is 33.9 Å². The predicted molar refractivity (Wildman–Crippen MR) is 96.3 cm³/mol. The number of aromatic nitrogens is 1. The summed E-state index contributed by atoms with van der Waals surface area (Å²) in [6.07, 6.45) is 2.61. The van der Waals surface area contributed by atoms with E-state index in [1.807, 2.05) is 30.3 Å². The van der Waals surface area contributed by atoms with Gasteiger partial charge in [0.1, 0.15) is 11.6 Å². The monoisotopic (exact) mass is 342 g/mol. The lowest BCUT2D eigenvalue weighted by Gasteiger charge is -2.21. The molecule has 0 aliphatic carbocycles. The van der Waals surface area contributed by atoms with Crippen molar-refractivity contribution >= 4 is 29.1 Å². The number of hydrazone groups is 1. The van der Waals surface area contributed by atoms with Gasteiger partial charge in [0.25, 0.3) is 5.91 Å². The normalized spacial score (nSPS) is 12.8. The molecule has 0 radical (unpaired) electrons. The second-order valence-electron chi connectivity index (χ2n) is 6.56. The number of nitrogens with zero attached hydrogens (tertiary/aromatic N) is 2. The van der Waals surface area contributed by atoms with E-state index >= 15 is 0 Å². The molecular formula is C18H22N4O3. The Morgan fingerprint density at radius 3 is 2.76 bits per heavy atom. The molecule has 2 rings (SSSR count). The third kappa shape index (κ3) is 5.87. The van der Waals surface area contributed by atoms with E-state index < -0.39 is 23.6 Å². The molecule has 0 bridgehead atoms. The number of alkyl carbamates (subject to hydrolysis) is 1. The molecule has 1 atom stereocenters. The van der Waals surface area contributed by atoms with Crippen LogP contribution < -0.4 is 10.7 Å². The Bertz CT molecular complexity index is 796. The Morgan fingerprint density at radius 2 is 2.04 bits per heavy atom. The molecule has 2 aromatic rings. The summed E-state index contributed by atoms with van der Waals surface area (Å²) in [5.41, 5.74) is 3.49. The Hall–Kier alpha value is -2.96. The van der Waals surface area contributed by atoms with Gasteiger partial charge in [0.05, 0.1) is 11.7 Å². The van der Waals surface area contributed by atoms with Gasteiger partial charge in [-0.2, -0.15) is 5.10 Å². The third-order valence-corrected chi connectivity index (χ3v) is 3.14. The number of nitrogens with one attached hydrogen (secondary N) is 2. The summed E-state index contributed by atoms with van der Waals surface area (Å²) in [5.74, 6) is -0.440. The van der Waals surface area contributed by atoms with Crippen molar-refractivity contribution in [3.05, 3.63) is 42.1 Å². The summed E-state index contributed by atoms with van der Waals surface area (Å²) in [7, 11) is 0. The number of fused-ring (bicyclic) bond motifs is 1. The van der Waals surface area contributed by atoms with Crippen molar-refractivity contribution in [3.8, 4) is 0 Å². The highest BCUT2D eigenvalue weighted by atomic mass is 16.6. The number of pyridine rings is 1. The summed E-state index contributed by atoms with van der Waals surface area (Å²) in [6, 6.07) is 8.69. The zero-order valence-electron chi connectivity index (χ0n) is 14.7. The van der Waals surface area contributed by atoms with E-state index in [1.165, 1.54) is 6.21 Å². The number of hydrogen-bond acceptors (Lipinski definition) is 5. The molecule has 0 fully saturated rings. The number of amides is 2. The third-order valence-electron chi connectivity index (χ3n) is 3.14. The quantitative estimate of drug-likeness (QED) is 0.660. The van der Waals surface area contributed by atoms with Crippen LogP contribution in [0.3, 0.4) is 0 Å². The highest BCUT2D eigenvalue weighted by Gasteiger charge is 2.20. The van der Waals surface area contributed by atoms with Crippen molar-refractivity contribution in [2.24, 2.45) is 5.10 Å². The van der Waals surface area contributed by atoms with Crippen molar-refractivity contribution in [1.82, 2.24) is 15.7 Å². The highest BCUT2D eigenvalue weighted by molar-refractivity contribution is 5.90. The number of ether oxygens (including phenoxy) is 1. The molecule has 1 aromatic carbocycles. The second-order valence-corrected chi connectivity index (χ2v) is 6.56. The predicted octanol–water partition coefficient (Wildman–Crippen LogP) is 2.60.